The zero-order chi connectivity index (χ0) is 14.8. The lowest BCUT2D eigenvalue weighted by atomic mass is 9.77. The van der Waals surface area contributed by atoms with E-state index in [1.54, 1.807) is 18.2 Å². The van der Waals surface area contributed by atoms with Crippen molar-refractivity contribution in [3.05, 3.63) is 29.3 Å². The van der Waals surface area contributed by atoms with Gasteiger partial charge in [0.2, 0.25) is 0 Å². The van der Waals surface area contributed by atoms with Crippen LogP contribution in [0.3, 0.4) is 0 Å². The van der Waals surface area contributed by atoms with Crippen molar-refractivity contribution in [3.8, 4) is 0 Å². The highest BCUT2D eigenvalue weighted by atomic mass is 35.5. The van der Waals surface area contributed by atoms with Crippen LogP contribution < -0.4 is 5.32 Å². The molecule has 2 aliphatic rings. The predicted octanol–water partition coefficient (Wildman–Crippen LogP) is 3.71. The molecule has 3 rings (SSSR count). The van der Waals surface area contributed by atoms with Gasteiger partial charge in [0.05, 0.1) is 0 Å². The van der Waals surface area contributed by atoms with Gasteiger partial charge in [-0.1, -0.05) is 30.5 Å². The Balaban J connectivity index is 1.73. The third-order valence-corrected chi connectivity index (χ3v) is 4.71. The van der Waals surface area contributed by atoms with E-state index in [4.69, 9.17) is 11.6 Å². The number of Topliss-reactive ketones (excluding diaryl/α,β-unsaturated/α-hetero) is 1. The fourth-order valence-electron chi connectivity index (χ4n) is 3.46. The molecule has 1 aromatic carbocycles. The van der Waals surface area contributed by atoms with Crippen LogP contribution in [0.15, 0.2) is 24.3 Å². The second-order valence-electron chi connectivity index (χ2n) is 5.81. The SMILES string of the molecule is O=C1CCN(C(=O)Nc2cccc(Cl)c2)C2CCCCC12. The topological polar surface area (TPSA) is 49.4 Å². The minimum absolute atomic E-state index is 0.0395. The predicted molar refractivity (Wildman–Crippen MR) is 82.5 cm³/mol. The molecule has 21 heavy (non-hydrogen) atoms. The maximum absolute atomic E-state index is 12.5. The van der Waals surface area contributed by atoms with Gasteiger partial charge in [0.1, 0.15) is 5.78 Å². The van der Waals surface area contributed by atoms with Crippen molar-refractivity contribution < 1.29 is 9.59 Å². The van der Waals surface area contributed by atoms with Gasteiger partial charge in [-0.3, -0.25) is 4.79 Å². The van der Waals surface area contributed by atoms with Crippen LogP contribution in [0, 0.1) is 5.92 Å². The molecular weight excluding hydrogens is 288 g/mol. The molecule has 5 heteroatoms. The largest absolute Gasteiger partial charge is 0.322 e. The number of hydrogen-bond donors (Lipinski definition) is 1. The lowest BCUT2D eigenvalue weighted by Gasteiger charge is -2.42. The molecule has 2 fully saturated rings. The van der Waals surface area contributed by atoms with Gasteiger partial charge in [0, 0.05) is 35.6 Å². The summed E-state index contributed by atoms with van der Waals surface area (Å²) in [4.78, 5) is 26.4. The number of rotatable bonds is 1. The van der Waals surface area contributed by atoms with E-state index in [9.17, 15) is 9.59 Å². The van der Waals surface area contributed by atoms with Crippen LogP contribution in [-0.2, 0) is 4.79 Å². The molecule has 112 valence electrons. The number of piperidine rings is 1. The van der Waals surface area contributed by atoms with E-state index in [-0.39, 0.29) is 18.0 Å². The van der Waals surface area contributed by atoms with Crippen molar-refractivity contribution in [3.63, 3.8) is 0 Å². The van der Waals surface area contributed by atoms with Gasteiger partial charge >= 0.3 is 6.03 Å². The summed E-state index contributed by atoms with van der Waals surface area (Å²) in [6.45, 7) is 0.520. The molecule has 1 saturated carbocycles. The number of fused-ring (bicyclic) bond motifs is 1. The summed E-state index contributed by atoms with van der Waals surface area (Å²) in [6, 6.07) is 7.07. The van der Waals surface area contributed by atoms with Crippen LogP contribution in [0.4, 0.5) is 10.5 Å². The Morgan fingerprint density at radius 2 is 2.10 bits per heavy atom. The van der Waals surface area contributed by atoms with Gasteiger partial charge < -0.3 is 10.2 Å². The molecule has 1 aliphatic heterocycles. The third kappa shape index (κ3) is 3.05. The van der Waals surface area contributed by atoms with E-state index in [0.717, 1.165) is 25.7 Å². The molecule has 2 atom stereocenters. The minimum atomic E-state index is -0.123. The molecule has 0 aromatic heterocycles. The van der Waals surface area contributed by atoms with Gasteiger partial charge in [-0.05, 0) is 31.0 Å². The van der Waals surface area contributed by atoms with E-state index < -0.39 is 0 Å². The Hall–Kier alpha value is -1.55. The molecule has 0 spiro atoms. The number of carbonyl (C=O) groups excluding carboxylic acids is 2. The molecule has 1 aliphatic carbocycles. The summed E-state index contributed by atoms with van der Waals surface area (Å²) in [5.41, 5.74) is 0.691. The molecule has 1 N–H and O–H groups in total. The number of amides is 2. The summed E-state index contributed by atoms with van der Waals surface area (Å²) in [5, 5.41) is 3.49. The van der Waals surface area contributed by atoms with Crippen molar-refractivity contribution in [2.24, 2.45) is 5.92 Å². The van der Waals surface area contributed by atoms with Crippen LogP contribution in [0.1, 0.15) is 32.1 Å². The summed E-state index contributed by atoms with van der Waals surface area (Å²) < 4.78 is 0. The Labute approximate surface area is 129 Å². The Kier molecular flexibility index (Phi) is 4.15. The molecule has 0 radical (unpaired) electrons. The van der Waals surface area contributed by atoms with Crippen LogP contribution in [0.5, 0.6) is 0 Å². The van der Waals surface area contributed by atoms with E-state index >= 15 is 0 Å². The number of ketones is 1. The number of anilines is 1. The van der Waals surface area contributed by atoms with Gasteiger partial charge in [-0.2, -0.15) is 0 Å². The highest BCUT2D eigenvalue weighted by Crippen LogP contribution is 2.33. The monoisotopic (exact) mass is 306 g/mol. The molecule has 1 heterocycles. The lowest BCUT2D eigenvalue weighted by Crippen LogP contribution is -2.54. The number of urea groups is 1. The molecule has 1 saturated heterocycles. The second-order valence-corrected chi connectivity index (χ2v) is 6.24. The van der Waals surface area contributed by atoms with E-state index in [0.29, 0.717) is 29.5 Å². The molecule has 4 nitrogen and oxygen atoms in total. The minimum Gasteiger partial charge on any atom is -0.320 e. The van der Waals surface area contributed by atoms with Crippen LogP contribution in [-0.4, -0.2) is 29.3 Å². The summed E-state index contributed by atoms with van der Waals surface area (Å²) in [6.07, 6.45) is 4.51. The van der Waals surface area contributed by atoms with Crippen molar-refractivity contribution in [1.29, 1.82) is 0 Å². The lowest BCUT2D eigenvalue weighted by molar-refractivity contribution is -0.129. The average molecular weight is 307 g/mol. The number of benzene rings is 1. The highest BCUT2D eigenvalue weighted by Gasteiger charge is 2.40. The van der Waals surface area contributed by atoms with Crippen molar-refractivity contribution in [1.82, 2.24) is 4.90 Å². The molecule has 0 bridgehead atoms. The maximum Gasteiger partial charge on any atom is 0.322 e. The number of halogens is 1. The van der Waals surface area contributed by atoms with Crippen LogP contribution >= 0.6 is 11.6 Å². The van der Waals surface area contributed by atoms with Crippen LogP contribution in [0.2, 0.25) is 5.02 Å². The zero-order valence-corrected chi connectivity index (χ0v) is 12.6. The van der Waals surface area contributed by atoms with Gasteiger partial charge in [-0.25, -0.2) is 4.79 Å². The smallest absolute Gasteiger partial charge is 0.320 e. The van der Waals surface area contributed by atoms with E-state index in [1.807, 2.05) is 11.0 Å². The molecule has 1 aromatic rings. The van der Waals surface area contributed by atoms with Crippen molar-refractivity contribution in [2.75, 3.05) is 11.9 Å². The highest BCUT2D eigenvalue weighted by molar-refractivity contribution is 6.30. The number of carbonyl (C=O) groups is 2. The zero-order valence-electron chi connectivity index (χ0n) is 11.8. The summed E-state index contributed by atoms with van der Waals surface area (Å²) >= 11 is 5.93. The first-order valence-electron chi connectivity index (χ1n) is 7.51. The number of nitrogens with zero attached hydrogens (tertiary/aromatic N) is 1. The number of hydrogen-bond acceptors (Lipinski definition) is 2. The van der Waals surface area contributed by atoms with Crippen LogP contribution in [0.25, 0.3) is 0 Å². The number of likely N-dealkylation sites (tertiary alicyclic amines) is 1. The maximum atomic E-state index is 12.5. The fourth-order valence-corrected chi connectivity index (χ4v) is 3.65. The number of nitrogens with one attached hydrogen (secondary N) is 1. The Bertz CT molecular complexity index is 561. The first-order valence-corrected chi connectivity index (χ1v) is 7.89. The Morgan fingerprint density at radius 1 is 1.29 bits per heavy atom. The van der Waals surface area contributed by atoms with Gasteiger partial charge in [0.15, 0.2) is 0 Å². The van der Waals surface area contributed by atoms with Gasteiger partial charge in [-0.15, -0.1) is 0 Å². The Morgan fingerprint density at radius 3 is 2.90 bits per heavy atom. The van der Waals surface area contributed by atoms with Gasteiger partial charge in [0.25, 0.3) is 0 Å². The second kappa shape index (κ2) is 6.06. The van der Waals surface area contributed by atoms with Crippen molar-refractivity contribution in [2.45, 2.75) is 38.1 Å². The van der Waals surface area contributed by atoms with E-state index in [1.165, 1.54) is 0 Å². The summed E-state index contributed by atoms with van der Waals surface area (Å²) in [7, 11) is 0. The standard InChI is InChI=1S/C16H19ClN2O2/c17-11-4-3-5-12(10-11)18-16(21)19-9-8-15(20)13-6-1-2-7-14(13)19/h3-5,10,13-14H,1-2,6-9H2,(H,18,21). The molecule has 2 amide bonds. The normalized spacial score (nSPS) is 25.4. The average Bonchev–Trinajstić information content (AvgIpc) is 2.48. The molecular formula is C16H19ClN2O2. The fraction of sp³-hybridized carbons (Fsp3) is 0.500. The quantitative estimate of drug-likeness (QED) is 0.860. The van der Waals surface area contributed by atoms with Crippen molar-refractivity contribution >= 4 is 29.1 Å². The van der Waals surface area contributed by atoms with E-state index in [2.05, 4.69) is 5.32 Å². The first kappa shape index (κ1) is 14.4. The first-order chi connectivity index (χ1) is 10.1. The third-order valence-electron chi connectivity index (χ3n) is 4.48. The summed E-state index contributed by atoms with van der Waals surface area (Å²) in [5.74, 6) is 0.365. The molecule has 2 unspecified atom stereocenters.